The highest BCUT2D eigenvalue weighted by atomic mass is 79.9. The highest BCUT2D eigenvalue weighted by molar-refractivity contribution is 9.10. The third kappa shape index (κ3) is 5.45. The van der Waals surface area contributed by atoms with E-state index in [1.54, 1.807) is 42.7 Å². The number of aromatic nitrogens is 8. The van der Waals surface area contributed by atoms with Crippen molar-refractivity contribution >= 4 is 67.2 Å². The lowest BCUT2D eigenvalue weighted by Crippen LogP contribution is -2.53. The lowest BCUT2D eigenvalue weighted by molar-refractivity contribution is 0.0674. The monoisotopic (exact) mass is 783 g/mol. The molecule has 20 heteroatoms. The fourth-order valence-electron chi connectivity index (χ4n) is 6.67. The van der Waals surface area contributed by atoms with Gasteiger partial charge in [-0.05, 0) is 55.8 Å². The quantitative estimate of drug-likeness (QED) is 0.103. The third-order valence-corrected chi connectivity index (χ3v) is 9.80. The van der Waals surface area contributed by atoms with Crippen LogP contribution in [0.5, 0.6) is 0 Å². The van der Waals surface area contributed by atoms with E-state index >= 15 is 0 Å². The molecular weight excluding hydrogens is 754 g/mol. The number of H-pyrrole nitrogens is 5. The van der Waals surface area contributed by atoms with Gasteiger partial charge in [0.05, 0.1) is 18.6 Å². The molecule has 13 N–H and O–H groups in total. The lowest BCUT2D eigenvalue weighted by Gasteiger charge is -2.51. The van der Waals surface area contributed by atoms with Gasteiger partial charge >= 0.3 is 5.69 Å². The normalized spacial score (nSPS) is 20.2. The smallest absolute Gasteiger partial charge is 0.333 e. The summed E-state index contributed by atoms with van der Waals surface area (Å²) in [6.45, 7) is 0.745. The van der Waals surface area contributed by atoms with Crippen molar-refractivity contribution in [1.82, 2.24) is 55.0 Å². The van der Waals surface area contributed by atoms with E-state index < -0.39 is 11.6 Å². The van der Waals surface area contributed by atoms with Crippen molar-refractivity contribution in [3.8, 4) is 5.82 Å². The molecule has 0 radical (unpaired) electrons. The third-order valence-electron chi connectivity index (χ3n) is 8.88. The van der Waals surface area contributed by atoms with Gasteiger partial charge in [-0.2, -0.15) is 4.98 Å². The lowest BCUT2D eigenvalue weighted by atomic mass is 9.54. The van der Waals surface area contributed by atoms with Crippen molar-refractivity contribution in [1.29, 1.82) is 5.41 Å². The minimum Gasteiger partial charge on any atom is -0.369 e. The van der Waals surface area contributed by atoms with E-state index in [1.807, 2.05) is 0 Å². The molecule has 2 aliphatic rings. The van der Waals surface area contributed by atoms with Gasteiger partial charge < -0.3 is 52.3 Å². The average molecular weight is 785 g/mol. The first-order chi connectivity index (χ1) is 23.0. The van der Waals surface area contributed by atoms with E-state index in [4.69, 9.17) is 16.9 Å². The molecule has 0 bridgehead atoms. The molecule has 0 spiro atoms. The summed E-state index contributed by atoms with van der Waals surface area (Å²) < 4.78 is 2.79. The molecule has 1 saturated carbocycles. The molecule has 48 heavy (non-hydrogen) atoms. The number of carbonyl (C=O) groups is 2. The summed E-state index contributed by atoms with van der Waals surface area (Å²) in [5.74, 6) is -1.02. The molecule has 7 rings (SSSR count). The van der Waals surface area contributed by atoms with Gasteiger partial charge in [-0.15, -0.1) is 0 Å². The van der Waals surface area contributed by atoms with E-state index in [0.717, 1.165) is 8.95 Å². The predicted octanol–water partition coefficient (Wildman–Crippen LogP) is 1.57. The maximum Gasteiger partial charge on any atom is 0.333 e. The van der Waals surface area contributed by atoms with Crippen LogP contribution in [0, 0.1) is 17.2 Å². The molecule has 0 unspecified atom stereocenters. The minimum absolute atomic E-state index is 0.0569. The number of nitrogens with zero attached hydrogens (tertiary/aromatic N) is 4. The van der Waals surface area contributed by atoms with Crippen molar-refractivity contribution in [3.63, 3.8) is 0 Å². The summed E-state index contributed by atoms with van der Waals surface area (Å²) >= 11 is 6.72. The number of nitrogens with one attached hydrogen (secondary N) is 9. The summed E-state index contributed by atoms with van der Waals surface area (Å²) in [7, 11) is 1.73. The molecule has 5 aromatic rings. The number of anilines is 3. The summed E-state index contributed by atoms with van der Waals surface area (Å²) in [6, 6.07) is 3.35. The maximum atomic E-state index is 13.4. The summed E-state index contributed by atoms with van der Waals surface area (Å²) in [5, 5.41) is 17.9. The summed E-state index contributed by atoms with van der Waals surface area (Å²) in [6.07, 6.45) is 4.96. The van der Waals surface area contributed by atoms with Crippen LogP contribution in [0.2, 0.25) is 0 Å². The molecule has 0 saturated heterocycles. The summed E-state index contributed by atoms with van der Waals surface area (Å²) in [4.78, 5) is 65.1. The maximum absolute atomic E-state index is 13.4. The first kappa shape index (κ1) is 31.4. The molecule has 18 nitrogen and oxygen atoms in total. The number of halogens is 2. The Labute approximate surface area is 288 Å². The number of nitrogens with two attached hydrogens (primary N) is 2. The van der Waals surface area contributed by atoms with E-state index in [-0.39, 0.29) is 66.2 Å². The Morgan fingerprint density at radius 1 is 0.979 bits per heavy atom. The topological polar surface area (TPSA) is 276 Å². The first-order valence-corrected chi connectivity index (χ1v) is 16.4. The molecular formula is C28H31Br2N15O3. The van der Waals surface area contributed by atoms with Gasteiger partial charge in [-0.3, -0.25) is 20.0 Å². The Balaban J connectivity index is 1.29. The van der Waals surface area contributed by atoms with Gasteiger partial charge in [0.15, 0.2) is 23.6 Å². The van der Waals surface area contributed by atoms with Gasteiger partial charge in [0.1, 0.15) is 22.9 Å². The van der Waals surface area contributed by atoms with Crippen LogP contribution in [0.4, 0.5) is 17.7 Å². The fourth-order valence-corrected chi connectivity index (χ4v) is 7.36. The van der Waals surface area contributed by atoms with E-state index in [1.165, 1.54) is 4.57 Å². The molecule has 1 fully saturated rings. The van der Waals surface area contributed by atoms with Crippen LogP contribution in [0.25, 0.3) is 5.82 Å². The zero-order chi connectivity index (χ0) is 33.9. The average Bonchev–Trinajstić information content (AvgIpc) is 3.87. The van der Waals surface area contributed by atoms with E-state index in [2.05, 4.69) is 82.7 Å². The van der Waals surface area contributed by atoms with Crippen LogP contribution in [0.15, 0.2) is 44.5 Å². The molecule has 6 heterocycles. The van der Waals surface area contributed by atoms with Crippen LogP contribution in [-0.4, -0.2) is 88.8 Å². The molecule has 1 aliphatic heterocycles. The highest BCUT2D eigenvalue weighted by Crippen LogP contribution is 2.57. The number of hydrogen-bond donors (Lipinski definition) is 11. The van der Waals surface area contributed by atoms with Crippen molar-refractivity contribution in [3.05, 3.63) is 78.6 Å². The molecule has 4 atom stereocenters. The number of imidazole rings is 3. The van der Waals surface area contributed by atoms with Crippen molar-refractivity contribution < 1.29 is 9.59 Å². The van der Waals surface area contributed by atoms with Crippen molar-refractivity contribution in [2.24, 2.45) is 11.8 Å². The zero-order valence-electron chi connectivity index (χ0n) is 25.2. The number of hydrogen-bond acceptors (Lipinski definition) is 9. The standard InChI is InChI=1S/C28H31Br2N15O3/c1-44-9-39-22-20(21(44)31)45(28(48)42-22)23-19(41-27(33)43-23)18-13(7-37-25(47)15-3-11(30)5-35-15)12(17(18)16-8-38-26(32)40-16)6-36-24(46)14-2-10(29)4-34-14/h2-5,8,12-13,17-18,31,34-35,39H,6-7,9H2,1H3,(H,36,46)(H,37,47)(H,42,48)(H3,32,38,40)(H3,33,41,43)/t12-,13-,17-,18+/m0/s1. The van der Waals surface area contributed by atoms with Crippen LogP contribution in [-0.2, 0) is 0 Å². The van der Waals surface area contributed by atoms with Crippen molar-refractivity contribution in [2.75, 3.05) is 43.6 Å². The molecule has 5 aromatic heterocycles. The van der Waals surface area contributed by atoms with E-state index in [9.17, 15) is 14.4 Å². The van der Waals surface area contributed by atoms with Gasteiger partial charge in [-0.25, -0.2) is 14.3 Å². The molecule has 250 valence electrons. The van der Waals surface area contributed by atoms with Gasteiger partial charge in [0.25, 0.3) is 11.8 Å². The number of aromatic amines is 5. The van der Waals surface area contributed by atoms with Crippen LogP contribution in [0.3, 0.4) is 0 Å². The number of nitrogen functional groups attached to an aromatic ring is 2. The van der Waals surface area contributed by atoms with Gasteiger partial charge in [0, 0.05) is 59.0 Å². The fraction of sp³-hybridized carbons (Fsp3) is 0.286. The minimum atomic E-state index is -0.509. The molecule has 0 aromatic carbocycles. The largest absolute Gasteiger partial charge is 0.369 e. The Morgan fingerprint density at radius 2 is 1.60 bits per heavy atom. The number of amidine groups is 1. The second-order valence-corrected chi connectivity index (χ2v) is 13.5. The van der Waals surface area contributed by atoms with Crippen LogP contribution in [0.1, 0.15) is 49.9 Å². The Bertz CT molecular complexity index is 2100. The molecule has 2 amide bonds. The SMILES string of the molecule is CN1CNc2[nH]c(=O)n(-c3nc(N)[nH]c3[C@@H]3[C@@H](CNC(=O)c4cc(Br)c[nH]4)[C@H](CNC(=O)c4cc(Br)c[nH]4)[C@H]3c3cnc(N)[nH]3)c2C1=N. The van der Waals surface area contributed by atoms with Crippen LogP contribution < -0.4 is 33.1 Å². The zero-order valence-corrected chi connectivity index (χ0v) is 28.4. The Morgan fingerprint density at radius 3 is 2.17 bits per heavy atom. The van der Waals surface area contributed by atoms with Crippen molar-refractivity contribution in [2.45, 2.75) is 11.8 Å². The predicted molar refractivity (Wildman–Crippen MR) is 183 cm³/mol. The van der Waals surface area contributed by atoms with E-state index in [0.29, 0.717) is 41.0 Å². The Hall–Kier alpha value is -5.24. The number of fused-ring (bicyclic) bond motifs is 1. The van der Waals surface area contributed by atoms with Gasteiger partial charge in [0.2, 0.25) is 0 Å². The first-order valence-electron chi connectivity index (χ1n) is 14.8. The van der Waals surface area contributed by atoms with Gasteiger partial charge in [-0.1, -0.05) is 0 Å². The highest BCUT2D eigenvalue weighted by Gasteiger charge is 2.54. The number of carbonyl (C=O) groups excluding carboxylic acids is 2. The molecule has 1 aliphatic carbocycles. The Kier molecular flexibility index (Phi) is 7.90. The van der Waals surface area contributed by atoms with Crippen LogP contribution >= 0.6 is 31.9 Å². The number of rotatable bonds is 9. The summed E-state index contributed by atoms with van der Waals surface area (Å²) in [5.41, 5.74) is 14.0. The second kappa shape index (κ2) is 12.1. The second-order valence-electron chi connectivity index (χ2n) is 11.7. The number of amides is 2.